The van der Waals surface area contributed by atoms with E-state index in [1.807, 2.05) is 12.1 Å². The van der Waals surface area contributed by atoms with Gasteiger partial charge in [-0.1, -0.05) is 35.9 Å². The van der Waals surface area contributed by atoms with Crippen molar-refractivity contribution in [2.24, 2.45) is 13.0 Å². The number of hydrogen-bond donors (Lipinski definition) is 1. The standard InChI is InChI=1S/C24H19ClN4O2/c1-29-22-17-10-3-6-13-5-2-9-16(19(13)17)20(22)21(28-29)23(30)18(12-26)24(31)27-15-8-4-7-14(25)11-15/h3-4,6-8,10-11,16,18H,2,5,9H2,1H3,(H,27,31). The number of carbonyl (C=O) groups excluding carboxylic acids is 2. The van der Waals surface area contributed by atoms with Crippen LogP contribution >= 0.6 is 11.6 Å². The SMILES string of the molecule is Cn1nc(C(=O)C(C#N)C(=O)Nc2cccc(Cl)c2)c2c1-c1cccc3c1C2CCC3. The molecule has 0 radical (unpaired) electrons. The second-order valence-electron chi connectivity index (χ2n) is 7.98. The Kier molecular flexibility index (Phi) is 4.64. The highest BCUT2D eigenvalue weighted by atomic mass is 35.5. The van der Waals surface area contributed by atoms with Crippen molar-refractivity contribution in [1.29, 1.82) is 5.26 Å². The molecule has 3 aromatic rings. The van der Waals surface area contributed by atoms with Crippen LogP contribution in [0.25, 0.3) is 11.3 Å². The minimum absolute atomic E-state index is 0.0814. The first-order chi connectivity index (χ1) is 15.0. The fraction of sp³-hybridized carbons (Fsp3) is 0.250. The molecule has 7 heteroatoms. The number of amides is 1. The van der Waals surface area contributed by atoms with Crippen LogP contribution in [0.1, 0.15) is 45.9 Å². The molecule has 2 unspecified atom stereocenters. The molecule has 0 spiro atoms. The van der Waals surface area contributed by atoms with Gasteiger partial charge in [-0.25, -0.2) is 0 Å². The van der Waals surface area contributed by atoms with E-state index in [0.717, 1.165) is 36.1 Å². The number of carbonyl (C=O) groups is 2. The van der Waals surface area contributed by atoms with Crippen molar-refractivity contribution in [3.8, 4) is 17.3 Å². The van der Waals surface area contributed by atoms with Gasteiger partial charge in [0.05, 0.1) is 11.8 Å². The van der Waals surface area contributed by atoms with Crippen molar-refractivity contribution in [2.75, 3.05) is 5.32 Å². The fourth-order valence-electron chi connectivity index (χ4n) is 4.90. The van der Waals surface area contributed by atoms with Crippen LogP contribution in [0.4, 0.5) is 5.69 Å². The van der Waals surface area contributed by atoms with Crippen LogP contribution in [-0.4, -0.2) is 21.5 Å². The second-order valence-corrected chi connectivity index (χ2v) is 8.42. The molecule has 0 saturated heterocycles. The third-order valence-corrected chi connectivity index (χ3v) is 6.39. The van der Waals surface area contributed by atoms with E-state index in [9.17, 15) is 14.9 Å². The molecule has 2 atom stereocenters. The van der Waals surface area contributed by atoms with Gasteiger partial charge in [-0.15, -0.1) is 0 Å². The van der Waals surface area contributed by atoms with Crippen molar-refractivity contribution in [3.63, 3.8) is 0 Å². The molecule has 1 amide bonds. The summed E-state index contributed by atoms with van der Waals surface area (Å²) < 4.78 is 1.71. The predicted molar refractivity (Wildman–Crippen MR) is 117 cm³/mol. The lowest BCUT2D eigenvalue weighted by Crippen LogP contribution is -2.29. The van der Waals surface area contributed by atoms with E-state index in [-0.39, 0.29) is 11.6 Å². The van der Waals surface area contributed by atoms with Gasteiger partial charge in [0.25, 0.3) is 0 Å². The monoisotopic (exact) mass is 430 g/mol. The topological polar surface area (TPSA) is 87.8 Å². The fourth-order valence-corrected chi connectivity index (χ4v) is 5.09. The van der Waals surface area contributed by atoms with Gasteiger partial charge < -0.3 is 5.32 Å². The Labute approximate surface area is 184 Å². The van der Waals surface area contributed by atoms with Gasteiger partial charge in [0.15, 0.2) is 5.92 Å². The minimum Gasteiger partial charge on any atom is -0.324 e. The highest BCUT2D eigenvalue weighted by Gasteiger charge is 2.41. The average Bonchev–Trinajstić information content (AvgIpc) is 3.27. The van der Waals surface area contributed by atoms with Gasteiger partial charge in [-0.3, -0.25) is 14.3 Å². The maximum absolute atomic E-state index is 13.4. The lowest BCUT2D eigenvalue weighted by atomic mass is 9.81. The number of ketones is 1. The summed E-state index contributed by atoms with van der Waals surface area (Å²) in [6.07, 6.45) is 2.97. The van der Waals surface area contributed by atoms with Gasteiger partial charge in [-0.05, 0) is 48.6 Å². The minimum atomic E-state index is -1.50. The summed E-state index contributed by atoms with van der Waals surface area (Å²) in [7, 11) is 1.81. The van der Waals surface area contributed by atoms with Gasteiger partial charge >= 0.3 is 0 Å². The van der Waals surface area contributed by atoms with E-state index in [0.29, 0.717) is 10.7 Å². The van der Waals surface area contributed by atoms with Crippen molar-refractivity contribution in [2.45, 2.75) is 25.2 Å². The normalized spacial score (nSPS) is 16.7. The van der Waals surface area contributed by atoms with E-state index in [1.165, 1.54) is 11.1 Å². The van der Waals surface area contributed by atoms with Crippen molar-refractivity contribution >= 4 is 29.0 Å². The highest BCUT2D eigenvalue weighted by Crippen LogP contribution is 2.52. The summed E-state index contributed by atoms with van der Waals surface area (Å²) in [4.78, 5) is 26.2. The highest BCUT2D eigenvalue weighted by molar-refractivity contribution is 6.31. The summed E-state index contributed by atoms with van der Waals surface area (Å²) >= 11 is 5.97. The molecule has 6 nitrogen and oxygen atoms in total. The molecule has 154 valence electrons. The van der Waals surface area contributed by atoms with Crippen LogP contribution in [0.5, 0.6) is 0 Å². The molecular formula is C24H19ClN4O2. The van der Waals surface area contributed by atoms with Crippen molar-refractivity contribution < 1.29 is 9.59 Å². The number of benzene rings is 2. The summed E-state index contributed by atoms with van der Waals surface area (Å²) in [6, 6.07) is 14.7. The molecule has 0 bridgehead atoms. The summed E-state index contributed by atoms with van der Waals surface area (Å²) in [5, 5.41) is 17.2. The predicted octanol–water partition coefficient (Wildman–Crippen LogP) is 4.48. The van der Waals surface area contributed by atoms with Gasteiger partial charge in [0, 0.05) is 34.8 Å². The lowest BCUT2D eigenvalue weighted by molar-refractivity contribution is -0.117. The van der Waals surface area contributed by atoms with E-state index in [1.54, 1.807) is 36.0 Å². The van der Waals surface area contributed by atoms with Crippen LogP contribution in [0.15, 0.2) is 42.5 Å². The van der Waals surface area contributed by atoms with Crippen molar-refractivity contribution in [3.05, 3.63) is 69.9 Å². The van der Waals surface area contributed by atoms with Crippen LogP contribution in [-0.2, 0) is 18.3 Å². The maximum atomic E-state index is 13.4. The number of aryl methyl sites for hydroxylation is 2. The van der Waals surface area contributed by atoms with E-state index < -0.39 is 17.6 Å². The Morgan fingerprint density at radius 2 is 2.06 bits per heavy atom. The second kappa shape index (κ2) is 7.36. The number of nitrogens with zero attached hydrogens (tertiary/aromatic N) is 3. The van der Waals surface area contributed by atoms with Gasteiger partial charge in [0.1, 0.15) is 5.69 Å². The quantitative estimate of drug-likeness (QED) is 0.488. The van der Waals surface area contributed by atoms with E-state index in [2.05, 4.69) is 22.5 Å². The van der Waals surface area contributed by atoms with Crippen LogP contribution < -0.4 is 5.32 Å². The maximum Gasteiger partial charge on any atom is 0.249 e. The molecule has 2 aliphatic rings. The molecule has 1 heterocycles. The Bertz CT molecular complexity index is 1290. The molecule has 1 N–H and O–H groups in total. The number of nitriles is 1. The number of Topliss-reactive ketones (excluding diaryl/α,β-unsaturated/α-hetero) is 1. The molecule has 0 saturated carbocycles. The third-order valence-electron chi connectivity index (χ3n) is 6.15. The van der Waals surface area contributed by atoms with Crippen LogP contribution in [0.3, 0.4) is 0 Å². The number of anilines is 1. The molecule has 2 aliphatic carbocycles. The average molecular weight is 431 g/mol. The summed E-state index contributed by atoms with van der Waals surface area (Å²) in [5.41, 5.74) is 6.09. The number of halogens is 1. The van der Waals surface area contributed by atoms with Gasteiger partial charge in [-0.2, -0.15) is 10.4 Å². The smallest absolute Gasteiger partial charge is 0.249 e. The Morgan fingerprint density at radius 1 is 1.26 bits per heavy atom. The molecule has 0 aliphatic heterocycles. The Hall–Kier alpha value is -3.43. The largest absolute Gasteiger partial charge is 0.324 e. The number of aromatic nitrogens is 2. The number of fused-ring (bicyclic) bond motifs is 3. The first-order valence-corrected chi connectivity index (χ1v) is 10.6. The van der Waals surface area contributed by atoms with Crippen LogP contribution in [0, 0.1) is 17.2 Å². The zero-order valence-corrected chi connectivity index (χ0v) is 17.6. The van der Waals surface area contributed by atoms with Gasteiger partial charge in [0.2, 0.25) is 11.7 Å². The Morgan fingerprint density at radius 3 is 2.84 bits per heavy atom. The molecule has 0 fully saturated rings. The molecule has 1 aromatic heterocycles. The van der Waals surface area contributed by atoms with Crippen LogP contribution in [0.2, 0.25) is 5.02 Å². The molecule has 5 rings (SSSR count). The lowest BCUT2D eigenvalue weighted by Gasteiger charge is -2.22. The molecule has 31 heavy (non-hydrogen) atoms. The first-order valence-electron chi connectivity index (χ1n) is 10.2. The zero-order chi connectivity index (χ0) is 21.7. The number of hydrogen-bond acceptors (Lipinski definition) is 4. The molecular weight excluding hydrogens is 412 g/mol. The third kappa shape index (κ3) is 3.05. The number of nitrogens with one attached hydrogen (secondary N) is 1. The van der Waals surface area contributed by atoms with E-state index >= 15 is 0 Å². The Balaban J connectivity index is 1.52. The summed E-state index contributed by atoms with van der Waals surface area (Å²) in [5.74, 6) is -2.67. The molecule has 2 aromatic carbocycles. The summed E-state index contributed by atoms with van der Waals surface area (Å²) in [6.45, 7) is 0. The van der Waals surface area contributed by atoms with Crippen molar-refractivity contribution in [1.82, 2.24) is 9.78 Å². The zero-order valence-electron chi connectivity index (χ0n) is 16.9. The number of rotatable bonds is 4. The first kappa shape index (κ1) is 19.5. The van der Waals surface area contributed by atoms with E-state index in [4.69, 9.17) is 11.6 Å².